The Morgan fingerprint density at radius 1 is 1.05 bits per heavy atom. The number of carbonyl (C=O) groups excluding carboxylic acids is 3. The molecule has 0 saturated heterocycles. The van der Waals surface area contributed by atoms with Crippen LogP contribution in [0.1, 0.15) is 46.2 Å². The van der Waals surface area contributed by atoms with Gasteiger partial charge in [-0.1, -0.05) is 12.1 Å². The summed E-state index contributed by atoms with van der Waals surface area (Å²) < 4.78 is 16.2. The Hall–Kier alpha value is -4.34. The summed E-state index contributed by atoms with van der Waals surface area (Å²) in [5.74, 6) is -0.238. The molecule has 5 rings (SSSR count). The molecule has 1 aliphatic heterocycles. The summed E-state index contributed by atoms with van der Waals surface area (Å²) in [6.07, 6.45) is 2.36. The highest BCUT2D eigenvalue weighted by Gasteiger charge is 2.37. The van der Waals surface area contributed by atoms with Crippen molar-refractivity contribution in [2.24, 2.45) is 0 Å². The van der Waals surface area contributed by atoms with E-state index in [0.717, 1.165) is 17.9 Å². The predicted octanol–water partition coefficient (Wildman–Crippen LogP) is 4.04. The van der Waals surface area contributed by atoms with Crippen LogP contribution in [0.5, 0.6) is 11.6 Å². The molecule has 1 saturated carbocycles. The highest BCUT2D eigenvalue weighted by Crippen LogP contribution is 2.41. The maximum absolute atomic E-state index is 13.7. The van der Waals surface area contributed by atoms with Gasteiger partial charge in [-0.15, -0.1) is 0 Å². The third kappa shape index (κ3) is 5.06. The molecule has 0 radical (unpaired) electrons. The molecule has 2 heterocycles. The maximum atomic E-state index is 13.7. The molecular formula is C28H30N4O6. The van der Waals surface area contributed by atoms with Gasteiger partial charge in [-0.25, -0.2) is 0 Å². The summed E-state index contributed by atoms with van der Waals surface area (Å²) >= 11 is 0. The molecule has 0 spiro atoms. The lowest BCUT2D eigenvalue weighted by molar-refractivity contribution is -0.143. The lowest BCUT2D eigenvalue weighted by atomic mass is 10.1. The standard InChI is InChI=1S/C28H30N4O6/c1-4-36-24(33)17-30(3)27(34)19-9-13-21(14-10-19)37-26-25(18(2)38-29-26)28(35)32-16-15-31(20-11-12-20)22-7-5-6-8-23(22)32/h5-10,13-14,20H,4,11-12,15-17H2,1-3H3. The fourth-order valence-corrected chi connectivity index (χ4v) is 4.63. The van der Waals surface area contributed by atoms with Gasteiger partial charge in [0, 0.05) is 31.7 Å². The number of hydrogen-bond acceptors (Lipinski definition) is 8. The van der Waals surface area contributed by atoms with Crippen molar-refractivity contribution in [3.8, 4) is 11.6 Å². The van der Waals surface area contributed by atoms with Crippen molar-refractivity contribution in [1.82, 2.24) is 10.1 Å². The zero-order chi connectivity index (χ0) is 26.8. The minimum absolute atomic E-state index is 0.0631. The third-order valence-electron chi connectivity index (χ3n) is 6.66. The normalized spacial score (nSPS) is 14.6. The van der Waals surface area contributed by atoms with Crippen LogP contribution >= 0.6 is 0 Å². The first-order chi connectivity index (χ1) is 18.4. The smallest absolute Gasteiger partial charge is 0.325 e. The molecule has 1 aliphatic carbocycles. The molecule has 38 heavy (non-hydrogen) atoms. The summed E-state index contributed by atoms with van der Waals surface area (Å²) in [6, 6.07) is 14.9. The zero-order valence-electron chi connectivity index (χ0n) is 21.7. The van der Waals surface area contributed by atoms with Gasteiger partial charge in [-0.3, -0.25) is 14.4 Å². The van der Waals surface area contributed by atoms with Crippen LogP contribution in [0, 0.1) is 6.92 Å². The number of ether oxygens (including phenoxy) is 2. The highest BCUT2D eigenvalue weighted by molar-refractivity contribution is 6.10. The summed E-state index contributed by atoms with van der Waals surface area (Å²) in [5, 5.41) is 3.99. The number of fused-ring (bicyclic) bond motifs is 1. The number of likely N-dealkylation sites (N-methyl/N-ethyl adjacent to an activating group) is 1. The average molecular weight is 519 g/mol. The van der Waals surface area contributed by atoms with Crippen molar-refractivity contribution in [3.05, 3.63) is 65.4 Å². The van der Waals surface area contributed by atoms with E-state index in [4.69, 9.17) is 14.0 Å². The van der Waals surface area contributed by atoms with Crippen molar-refractivity contribution in [3.63, 3.8) is 0 Å². The lowest BCUT2D eigenvalue weighted by Crippen LogP contribution is -2.45. The molecule has 0 atom stereocenters. The van der Waals surface area contributed by atoms with Crippen LogP contribution in [0.4, 0.5) is 11.4 Å². The Kier molecular flexibility index (Phi) is 7.04. The van der Waals surface area contributed by atoms with E-state index >= 15 is 0 Å². The van der Waals surface area contributed by atoms with Gasteiger partial charge < -0.3 is 28.7 Å². The van der Waals surface area contributed by atoms with Crippen molar-refractivity contribution < 1.29 is 28.4 Å². The molecule has 2 aliphatic rings. The molecule has 0 unspecified atom stereocenters. The second-order valence-electron chi connectivity index (χ2n) is 9.38. The molecule has 198 valence electrons. The minimum atomic E-state index is -0.474. The quantitative estimate of drug-likeness (QED) is 0.412. The van der Waals surface area contributed by atoms with E-state index in [0.29, 0.717) is 29.7 Å². The summed E-state index contributed by atoms with van der Waals surface area (Å²) in [6.45, 7) is 4.80. The number of benzene rings is 2. The fraction of sp³-hybridized carbons (Fsp3) is 0.357. The number of rotatable bonds is 8. The number of esters is 1. The predicted molar refractivity (Wildman–Crippen MR) is 140 cm³/mol. The van der Waals surface area contributed by atoms with Crippen LogP contribution in [0.2, 0.25) is 0 Å². The van der Waals surface area contributed by atoms with Crippen molar-refractivity contribution >= 4 is 29.2 Å². The van der Waals surface area contributed by atoms with Crippen LogP contribution in [0.25, 0.3) is 0 Å². The van der Waals surface area contributed by atoms with E-state index in [2.05, 4.69) is 16.1 Å². The number of nitrogens with zero attached hydrogens (tertiary/aromatic N) is 4. The van der Waals surface area contributed by atoms with Crippen LogP contribution in [-0.2, 0) is 9.53 Å². The number of anilines is 2. The van der Waals surface area contributed by atoms with E-state index in [1.807, 2.05) is 18.2 Å². The topological polar surface area (TPSA) is 105 Å². The first-order valence-electron chi connectivity index (χ1n) is 12.7. The Bertz CT molecular complexity index is 1350. The molecule has 3 aromatic rings. The Morgan fingerprint density at radius 2 is 1.76 bits per heavy atom. The first-order valence-corrected chi connectivity index (χ1v) is 12.7. The van der Waals surface area contributed by atoms with E-state index in [9.17, 15) is 14.4 Å². The van der Waals surface area contributed by atoms with Crippen LogP contribution in [0.15, 0.2) is 53.1 Å². The number of aromatic nitrogens is 1. The van der Waals surface area contributed by atoms with Crippen LogP contribution in [0.3, 0.4) is 0 Å². The SMILES string of the molecule is CCOC(=O)CN(C)C(=O)c1ccc(Oc2noc(C)c2C(=O)N2CCN(C3CC3)c3ccccc32)cc1. The summed E-state index contributed by atoms with van der Waals surface area (Å²) in [7, 11) is 1.53. The minimum Gasteiger partial charge on any atom is -0.465 e. The Balaban J connectivity index is 1.32. The molecule has 0 N–H and O–H groups in total. The van der Waals surface area contributed by atoms with Crippen LogP contribution in [-0.4, -0.2) is 67.2 Å². The second-order valence-corrected chi connectivity index (χ2v) is 9.38. The number of carbonyl (C=O) groups is 3. The van der Waals surface area contributed by atoms with E-state index in [1.54, 1.807) is 43.0 Å². The molecular weight excluding hydrogens is 488 g/mol. The summed E-state index contributed by atoms with van der Waals surface area (Å²) in [4.78, 5) is 43.5. The van der Waals surface area contributed by atoms with Crippen molar-refractivity contribution in [2.45, 2.75) is 32.7 Å². The number of para-hydroxylation sites is 2. The first kappa shape index (κ1) is 25.3. The monoisotopic (exact) mass is 518 g/mol. The van der Waals surface area contributed by atoms with Gasteiger partial charge in [0.2, 0.25) is 0 Å². The molecule has 1 fully saturated rings. The number of aryl methyl sites for hydroxylation is 1. The van der Waals surface area contributed by atoms with Crippen LogP contribution < -0.4 is 14.5 Å². The Labute approximate surface area is 220 Å². The van der Waals surface area contributed by atoms with Gasteiger partial charge in [-0.2, -0.15) is 0 Å². The molecule has 2 amide bonds. The van der Waals surface area contributed by atoms with Gasteiger partial charge in [0.05, 0.1) is 18.0 Å². The fourth-order valence-electron chi connectivity index (χ4n) is 4.63. The van der Waals surface area contributed by atoms with Crippen molar-refractivity contribution in [1.29, 1.82) is 0 Å². The average Bonchev–Trinajstić information content (AvgIpc) is 3.70. The van der Waals surface area contributed by atoms with Gasteiger partial charge >= 0.3 is 5.97 Å². The maximum Gasteiger partial charge on any atom is 0.325 e. The number of hydrogen-bond donors (Lipinski definition) is 0. The Morgan fingerprint density at radius 3 is 2.45 bits per heavy atom. The molecule has 2 aromatic carbocycles. The van der Waals surface area contributed by atoms with Gasteiger partial charge in [0.15, 0.2) is 5.76 Å². The van der Waals surface area contributed by atoms with E-state index in [1.165, 1.54) is 24.8 Å². The summed E-state index contributed by atoms with van der Waals surface area (Å²) in [5.41, 5.74) is 2.55. The van der Waals surface area contributed by atoms with E-state index < -0.39 is 5.97 Å². The van der Waals surface area contributed by atoms with Crippen molar-refractivity contribution in [2.75, 3.05) is 43.1 Å². The number of amides is 2. The van der Waals surface area contributed by atoms with Gasteiger partial charge in [0.1, 0.15) is 17.9 Å². The molecule has 0 bridgehead atoms. The molecule has 10 nitrogen and oxygen atoms in total. The molecule has 1 aromatic heterocycles. The largest absolute Gasteiger partial charge is 0.465 e. The zero-order valence-corrected chi connectivity index (χ0v) is 21.7. The molecule has 10 heteroatoms. The van der Waals surface area contributed by atoms with E-state index in [-0.39, 0.29) is 36.4 Å². The van der Waals surface area contributed by atoms with Gasteiger partial charge in [-0.05, 0) is 68.2 Å². The second kappa shape index (κ2) is 10.6. The van der Waals surface area contributed by atoms with Gasteiger partial charge in [0.25, 0.3) is 17.7 Å². The lowest BCUT2D eigenvalue weighted by Gasteiger charge is -2.37. The third-order valence-corrected chi connectivity index (χ3v) is 6.66. The highest BCUT2D eigenvalue weighted by atomic mass is 16.5.